The molecular formula is C12H17NO2S. The maximum absolute atomic E-state index is 11.3. The second-order valence-corrected chi connectivity index (χ2v) is 4.78. The number of carboxylic acids is 1. The number of carboxylic acid groups (broad SMARTS) is 1. The minimum absolute atomic E-state index is 0.368. The summed E-state index contributed by atoms with van der Waals surface area (Å²) in [5.74, 6) is -0.824. The number of hydrogen-bond acceptors (Lipinski definition) is 3. The van der Waals surface area contributed by atoms with E-state index in [0.29, 0.717) is 13.0 Å². The van der Waals surface area contributed by atoms with E-state index >= 15 is 0 Å². The monoisotopic (exact) mass is 239 g/mol. The molecule has 16 heavy (non-hydrogen) atoms. The van der Waals surface area contributed by atoms with Gasteiger partial charge in [-0.25, -0.2) is 0 Å². The summed E-state index contributed by atoms with van der Waals surface area (Å²) in [4.78, 5) is 12.4. The lowest BCUT2D eigenvalue weighted by Gasteiger charge is -2.24. The molecule has 4 heteroatoms. The lowest BCUT2D eigenvalue weighted by atomic mass is 9.79. The highest BCUT2D eigenvalue weighted by atomic mass is 32.2. The Labute approximate surface area is 100 Å². The summed E-state index contributed by atoms with van der Waals surface area (Å²) >= 11 is 1.64. The van der Waals surface area contributed by atoms with E-state index in [2.05, 4.69) is 0 Å². The van der Waals surface area contributed by atoms with Crippen molar-refractivity contribution in [1.29, 1.82) is 0 Å². The third kappa shape index (κ3) is 2.57. The fourth-order valence-corrected chi connectivity index (χ4v) is 2.03. The zero-order chi connectivity index (χ0) is 12.2. The molecular weight excluding hydrogens is 222 g/mol. The van der Waals surface area contributed by atoms with Gasteiger partial charge < -0.3 is 10.8 Å². The molecule has 0 amide bonds. The summed E-state index contributed by atoms with van der Waals surface area (Å²) in [6.45, 7) is 2.09. The fourth-order valence-electron chi connectivity index (χ4n) is 1.62. The standard InChI is InChI=1S/C12H17NO2S/c1-12(7-8-13,11(14)15)9-3-5-10(16-2)6-4-9/h3-6H,7-8,13H2,1-2H3,(H,14,15). The molecule has 0 fully saturated rings. The van der Waals surface area contributed by atoms with Crippen molar-refractivity contribution in [3.05, 3.63) is 29.8 Å². The molecule has 0 spiro atoms. The van der Waals surface area contributed by atoms with E-state index in [9.17, 15) is 9.90 Å². The van der Waals surface area contributed by atoms with Crippen LogP contribution in [0.4, 0.5) is 0 Å². The summed E-state index contributed by atoms with van der Waals surface area (Å²) in [5.41, 5.74) is 5.40. The average molecular weight is 239 g/mol. The van der Waals surface area contributed by atoms with Gasteiger partial charge in [0, 0.05) is 4.90 Å². The van der Waals surface area contributed by atoms with Gasteiger partial charge in [-0.15, -0.1) is 11.8 Å². The summed E-state index contributed by atoms with van der Waals surface area (Å²) < 4.78 is 0. The molecule has 1 unspecified atom stereocenters. The topological polar surface area (TPSA) is 63.3 Å². The van der Waals surface area contributed by atoms with Crippen LogP contribution in [0, 0.1) is 0 Å². The first-order valence-corrected chi connectivity index (χ1v) is 6.35. The smallest absolute Gasteiger partial charge is 0.313 e. The highest BCUT2D eigenvalue weighted by Gasteiger charge is 2.34. The van der Waals surface area contributed by atoms with Crippen molar-refractivity contribution in [2.75, 3.05) is 12.8 Å². The summed E-state index contributed by atoms with van der Waals surface area (Å²) in [5, 5.41) is 9.28. The van der Waals surface area contributed by atoms with Crippen molar-refractivity contribution >= 4 is 17.7 Å². The normalized spacial score (nSPS) is 14.4. The Morgan fingerprint density at radius 1 is 1.44 bits per heavy atom. The van der Waals surface area contributed by atoms with Crippen molar-refractivity contribution in [1.82, 2.24) is 0 Å². The van der Waals surface area contributed by atoms with Gasteiger partial charge in [-0.05, 0) is 43.8 Å². The lowest BCUT2D eigenvalue weighted by Crippen LogP contribution is -2.34. The molecule has 1 rings (SSSR count). The molecule has 0 aliphatic rings. The van der Waals surface area contributed by atoms with E-state index in [1.807, 2.05) is 30.5 Å². The molecule has 0 aliphatic carbocycles. The Kier molecular flexibility index (Phi) is 4.38. The van der Waals surface area contributed by atoms with Gasteiger partial charge in [0.1, 0.15) is 0 Å². The van der Waals surface area contributed by atoms with Crippen molar-refractivity contribution in [2.45, 2.75) is 23.7 Å². The second-order valence-electron chi connectivity index (χ2n) is 3.90. The summed E-state index contributed by atoms with van der Waals surface area (Å²) in [6, 6.07) is 7.63. The first-order valence-electron chi connectivity index (χ1n) is 5.12. The summed E-state index contributed by atoms with van der Waals surface area (Å²) in [7, 11) is 0. The number of carbonyl (C=O) groups is 1. The molecule has 0 radical (unpaired) electrons. The van der Waals surface area contributed by atoms with Gasteiger partial charge in [-0.3, -0.25) is 4.79 Å². The third-order valence-corrected chi connectivity index (χ3v) is 3.59. The number of aliphatic carboxylic acids is 1. The first-order chi connectivity index (χ1) is 7.54. The highest BCUT2D eigenvalue weighted by Crippen LogP contribution is 2.29. The zero-order valence-corrected chi connectivity index (χ0v) is 10.4. The van der Waals surface area contributed by atoms with Crippen LogP contribution < -0.4 is 5.73 Å². The Balaban J connectivity index is 3.06. The minimum atomic E-state index is -0.883. The highest BCUT2D eigenvalue weighted by molar-refractivity contribution is 7.98. The zero-order valence-electron chi connectivity index (χ0n) is 9.56. The van der Waals surface area contributed by atoms with Crippen LogP contribution in [-0.4, -0.2) is 23.9 Å². The van der Waals surface area contributed by atoms with Crippen LogP contribution in [-0.2, 0) is 10.2 Å². The predicted molar refractivity (Wildman–Crippen MR) is 66.9 cm³/mol. The van der Waals surface area contributed by atoms with Gasteiger partial charge in [0.15, 0.2) is 0 Å². The van der Waals surface area contributed by atoms with Crippen molar-refractivity contribution in [3.63, 3.8) is 0 Å². The molecule has 1 aromatic carbocycles. The maximum Gasteiger partial charge on any atom is 0.313 e. The van der Waals surface area contributed by atoms with E-state index in [0.717, 1.165) is 10.5 Å². The maximum atomic E-state index is 11.3. The predicted octanol–water partition coefficient (Wildman–Crippen LogP) is 2.10. The Hall–Kier alpha value is -1.00. The molecule has 3 N–H and O–H groups in total. The molecule has 0 saturated carbocycles. The van der Waals surface area contributed by atoms with Crippen LogP contribution in [0.15, 0.2) is 29.2 Å². The van der Waals surface area contributed by atoms with Crippen molar-refractivity contribution in [3.8, 4) is 0 Å². The van der Waals surface area contributed by atoms with Gasteiger partial charge in [-0.1, -0.05) is 12.1 Å². The molecule has 1 atom stereocenters. The quantitative estimate of drug-likeness (QED) is 0.772. The van der Waals surface area contributed by atoms with E-state index in [4.69, 9.17) is 5.73 Å². The van der Waals surface area contributed by atoms with Gasteiger partial charge >= 0.3 is 5.97 Å². The molecule has 0 bridgehead atoms. The molecule has 0 saturated heterocycles. The number of nitrogens with two attached hydrogens (primary N) is 1. The number of rotatable bonds is 5. The van der Waals surface area contributed by atoms with Crippen molar-refractivity contribution in [2.24, 2.45) is 5.73 Å². The molecule has 0 heterocycles. The van der Waals surface area contributed by atoms with Gasteiger partial charge in [0.2, 0.25) is 0 Å². The largest absolute Gasteiger partial charge is 0.481 e. The SMILES string of the molecule is CSc1ccc(C(C)(CCN)C(=O)O)cc1. The van der Waals surface area contributed by atoms with Crippen LogP contribution in [0.3, 0.4) is 0 Å². The first kappa shape index (κ1) is 13.1. The molecule has 88 valence electrons. The van der Waals surface area contributed by atoms with Gasteiger partial charge in [0.05, 0.1) is 5.41 Å². The summed E-state index contributed by atoms with van der Waals surface area (Å²) in [6.07, 6.45) is 2.44. The van der Waals surface area contributed by atoms with E-state index in [1.165, 1.54) is 0 Å². The van der Waals surface area contributed by atoms with Crippen LogP contribution >= 0.6 is 11.8 Å². The minimum Gasteiger partial charge on any atom is -0.481 e. The number of benzene rings is 1. The van der Waals surface area contributed by atoms with Crippen LogP contribution in [0.1, 0.15) is 18.9 Å². The molecule has 1 aromatic rings. The van der Waals surface area contributed by atoms with Crippen LogP contribution in [0.5, 0.6) is 0 Å². The third-order valence-electron chi connectivity index (χ3n) is 2.84. The average Bonchev–Trinajstić information content (AvgIpc) is 2.29. The Morgan fingerprint density at radius 3 is 2.38 bits per heavy atom. The Morgan fingerprint density at radius 2 is 2.00 bits per heavy atom. The van der Waals surface area contributed by atoms with E-state index in [1.54, 1.807) is 18.7 Å². The van der Waals surface area contributed by atoms with Gasteiger partial charge in [0.25, 0.3) is 0 Å². The molecule has 0 aromatic heterocycles. The lowest BCUT2D eigenvalue weighted by molar-refractivity contribution is -0.143. The number of thioether (sulfide) groups is 1. The van der Waals surface area contributed by atoms with Gasteiger partial charge in [-0.2, -0.15) is 0 Å². The van der Waals surface area contributed by atoms with Crippen LogP contribution in [0.2, 0.25) is 0 Å². The van der Waals surface area contributed by atoms with Crippen LogP contribution in [0.25, 0.3) is 0 Å². The Bertz CT molecular complexity index is 364. The van der Waals surface area contributed by atoms with Crippen molar-refractivity contribution < 1.29 is 9.90 Å². The second kappa shape index (κ2) is 5.37. The van der Waals surface area contributed by atoms with E-state index < -0.39 is 11.4 Å². The van der Waals surface area contributed by atoms with E-state index in [-0.39, 0.29) is 0 Å². The molecule has 0 aliphatic heterocycles. The fraction of sp³-hybridized carbons (Fsp3) is 0.417. The number of hydrogen-bond donors (Lipinski definition) is 2. The molecule has 3 nitrogen and oxygen atoms in total.